The average molecular weight is 207 g/mol. The number of rotatable bonds is 1. The highest BCUT2D eigenvalue weighted by molar-refractivity contribution is 9.10. The summed E-state index contributed by atoms with van der Waals surface area (Å²) in [6, 6.07) is 4.27. The van der Waals surface area contributed by atoms with E-state index in [2.05, 4.69) is 15.9 Å². The van der Waals surface area contributed by atoms with Gasteiger partial charge in [-0.05, 0) is 22.0 Å². The molecule has 0 saturated heterocycles. The van der Waals surface area contributed by atoms with Crippen LogP contribution in [0.25, 0.3) is 0 Å². The molecule has 0 aliphatic heterocycles. The molecule has 0 amide bonds. The fraction of sp³-hybridized carbons (Fsp3) is 0. The van der Waals surface area contributed by atoms with Crippen LogP contribution in [0.2, 0.25) is 0 Å². The third-order valence-corrected chi connectivity index (χ3v) is 1.70. The summed E-state index contributed by atoms with van der Waals surface area (Å²) in [5.74, 6) is -0.328. The zero-order chi connectivity index (χ0) is 7.56. The third-order valence-electron chi connectivity index (χ3n) is 1.09. The van der Waals surface area contributed by atoms with E-state index in [1.807, 2.05) is 0 Å². The highest BCUT2D eigenvalue weighted by atomic mass is 79.9. The Balaban J connectivity index is 3.04. The molecule has 0 spiro atoms. The van der Waals surface area contributed by atoms with Crippen LogP contribution in [0.4, 0.5) is 10.1 Å². The molecule has 1 rings (SSSR count). The molecule has 3 N–H and O–H groups in total. The second kappa shape index (κ2) is 3.09. The summed E-state index contributed by atoms with van der Waals surface area (Å²) in [6.45, 7) is 0. The second-order valence-corrected chi connectivity index (χ2v) is 2.66. The molecule has 0 radical (unpaired) electrons. The van der Waals surface area contributed by atoms with Crippen molar-refractivity contribution < 1.29 is 15.1 Å². The Hall–Kier alpha value is -0.450. The minimum atomic E-state index is -0.328. The standard InChI is InChI=1S/C6H5BrFNO/c7-5-3-4(9-10)1-2-6(5)8/h1-3,9-10H/p+1. The zero-order valence-electron chi connectivity index (χ0n) is 5.01. The van der Waals surface area contributed by atoms with Crippen molar-refractivity contribution in [1.82, 2.24) is 0 Å². The van der Waals surface area contributed by atoms with Crippen molar-refractivity contribution in [3.8, 4) is 0 Å². The molecule has 0 heterocycles. The van der Waals surface area contributed by atoms with Gasteiger partial charge in [-0.1, -0.05) is 0 Å². The van der Waals surface area contributed by atoms with Gasteiger partial charge in [0, 0.05) is 12.1 Å². The predicted molar refractivity (Wildman–Crippen MR) is 37.5 cm³/mol. The number of halogens is 2. The highest BCUT2D eigenvalue weighted by Gasteiger charge is 2.00. The molecule has 2 nitrogen and oxygen atoms in total. The third kappa shape index (κ3) is 1.53. The lowest BCUT2D eigenvalue weighted by atomic mass is 10.3. The Bertz CT molecular complexity index is 241. The summed E-state index contributed by atoms with van der Waals surface area (Å²) in [4.78, 5) is 0. The number of nitrogens with two attached hydrogens (primary N) is 1. The Kier molecular flexibility index (Phi) is 2.37. The van der Waals surface area contributed by atoms with E-state index in [1.54, 1.807) is 0 Å². The smallest absolute Gasteiger partial charge is 0.163 e. The van der Waals surface area contributed by atoms with E-state index in [9.17, 15) is 4.39 Å². The Morgan fingerprint density at radius 2 is 2.20 bits per heavy atom. The summed E-state index contributed by atoms with van der Waals surface area (Å²) in [5, 5.41) is 8.48. The number of quaternary nitrogens is 1. The molecule has 0 atom stereocenters. The van der Waals surface area contributed by atoms with Crippen molar-refractivity contribution >= 4 is 21.6 Å². The van der Waals surface area contributed by atoms with Crippen molar-refractivity contribution in [2.75, 3.05) is 0 Å². The van der Waals surface area contributed by atoms with Gasteiger partial charge in [0.15, 0.2) is 5.69 Å². The average Bonchev–Trinajstić information content (AvgIpc) is 1.95. The van der Waals surface area contributed by atoms with E-state index in [1.165, 1.54) is 18.2 Å². The highest BCUT2D eigenvalue weighted by Crippen LogP contribution is 2.16. The fourth-order valence-corrected chi connectivity index (χ4v) is 0.989. The number of hydrogen-bond donors (Lipinski definition) is 2. The van der Waals surface area contributed by atoms with Gasteiger partial charge in [-0.25, -0.2) is 9.60 Å². The van der Waals surface area contributed by atoms with Crippen molar-refractivity contribution in [3.05, 3.63) is 28.5 Å². The molecular formula is C6H6BrFNO+. The van der Waals surface area contributed by atoms with Crippen molar-refractivity contribution in [2.45, 2.75) is 0 Å². The van der Waals surface area contributed by atoms with E-state index in [-0.39, 0.29) is 5.82 Å². The van der Waals surface area contributed by atoms with Crippen LogP contribution in [-0.4, -0.2) is 5.21 Å². The molecule has 0 bridgehead atoms. The fourth-order valence-electron chi connectivity index (χ4n) is 0.593. The summed E-state index contributed by atoms with van der Waals surface area (Å²) >= 11 is 2.98. The van der Waals surface area contributed by atoms with Gasteiger partial charge >= 0.3 is 0 Å². The van der Waals surface area contributed by atoms with Crippen molar-refractivity contribution in [1.29, 1.82) is 0 Å². The van der Waals surface area contributed by atoms with Crippen LogP contribution < -0.4 is 5.48 Å². The first-order valence-corrected chi connectivity index (χ1v) is 3.46. The first-order valence-electron chi connectivity index (χ1n) is 2.66. The van der Waals surface area contributed by atoms with Crippen LogP contribution >= 0.6 is 15.9 Å². The van der Waals surface area contributed by atoms with Crippen LogP contribution in [0.3, 0.4) is 0 Å². The van der Waals surface area contributed by atoms with Gasteiger partial charge in [0.05, 0.1) is 4.47 Å². The maximum absolute atomic E-state index is 12.5. The van der Waals surface area contributed by atoms with E-state index in [4.69, 9.17) is 5.21 Å². The summed E-state index contributed by atoms with van der Waals surface area (Å²) in [6.07, 6.45) is 0. The molecule has 0 unspecified atom stereocenters. The van der Waals surface area contributed by atoms with E-state index in [0.29, 0.717) is 10.2 Å². The van der Waals surface area contributed by atoms with E-state index >= 15 is 0 Å². The SMILES string of the molecule is O[NH2+]c1ccc(F)c(Br)c1. The molecule has 0 fully saturated rings. The molecule has 54 valence electrons. The Morgan fingerprint density at radius 3 is 2.70 bits per heavy atom. The lowest BCUT2D eigenvalue weighted by Crippen LogP contribution is -2.73. The van der Waals surface area contributed by atoms with Gasteiger partial charge in [-0.3, -0.25) is 0 Å². The number of benzene rings is 1. The quantitative estimate of drug-likeness (QED) is 0.526. The second-order valence-electron chi connectivity index (χ2n) is 1.80. The minimum Gasteiger partial charge on any atom is -0.215 e. The maximum atomic E-state index is 12.5. The molecule has 4 heteroatoms. The van der Waals surface area contributed by atoms with E-state index < -0.39 is 0 Å². The molecule has 0 saturated carbocycles. The maximum Gasteiger partial charge on any atom is 0.163 e. The lowest BCUT2D eigenvalue weighted by molar-refractivity contribution is -0.825. The normalized spacial score (nSPS) is 9.90. The van der Waals surface area contributed by atoms with Crippen LogP contribution in [0.5, 0.6) is 0 Å². The van der Waals surface area contributed by atoms with Crippen molar-refractivity contribution in [3.63, 3.8) is 0 Å². The topological polar surface area (TPSA) is 36.8 Å². The van der Waals surface area contributed by atoms with Crippen LogP contribution in [0.15, 0.2) is 22.7 Å². The van der Waals surface area contributed by atoms with Gasteiger partial charge in [0.1, 0.15) is 5.82 Å². The predicted octanol–water partition coefficient (Wildman–Crippen LogP) is 1.17. The van der Waals surface area contributed by atoms with Gasteiger partial charge in [0.2, 0.25) is 0 Å². The van der Waals surface area contributed by atoms with Gasteiger partial charge < -0.3 is 0 Å². The Labute approximate surface area is 65.8 Å². The lowest BCUT2D eigenvalue weighted by Gasteiger charge is -1.93. The molecule has 1 aromatic carbocycles. The first kappa shape index (κ1) is 7.65. The first-order chi connectivity index (χ1) is 4.74. The molecular weight excluding hydrogens is 201 g/mol. The number of hydrogen-bond acceptors (Lipinski definition) is 1. The summed E-state index contributed by atoms with van der Waals surface area (Å²) < 4.78 is 12.8. The van der Waals surface area contributed by atoms with Crippen LogP contribution in [0.1, 0.15) is 0 Å². The summed E-state index contributed by atoms with van der Waals surface area (Å²) in [7, 11) is 0. The largest absolute Gasteiger partial charge is 0.215 e. The van der Waals surface area contributed by atoms with Crippen LogP contribution in [-0.2, 0) is 0 Å². The van der Waals surface area contributed by atoms with Gasteiger partial charge in [0.25, 0.3) is 0 Å². The van der Waals surface area contributed by atoms with Gasteiger partial charge in [-0.2, -0.15) is 5.48 Å². The molecule has 0 aromatic heterocycles. The van der Waals surface area contributed by atoms with E-state index in [0.717, 1.165) is 5.48 Å². The summed E-state index contributed by atoms with van der Waals surface area (Å²) in [5.41, 5.74) is 1.50. The van der Waals surface area contributed by atoms with Crippen LogP contribution in [0, 0.1) is 5.82 Å². The molecule has 0 aliphatic carbocycles. The molecule has 10 heavy (non-hydrogen) atoms. The monoisotopic (exact) mass is 206 g/mol. The zero-order valence-corrected chi connectivity index (χ0v) is 6.60. The van der Waals surface area contributed by atoms with Crippen molar-refractivity contribution in [2.24, 2.45) is 0 Å². The Morgan fingerprint density at radius 1 is 1.50 bits per heavy atom. The molecule has 0 aliphatic rings. The van der Waals surface area contributed by atoms with Gasteiger partial charge in [-0.15, -0.1) is 0 Å². The molecule has 1 aromatic rings. The minimum absolute atomic E-state index is 0.328.